The first-order chi connectivity index (χ1) is 5.13. The van der Waals surface area contributed by atoms with Crippen molar-refractivity contribution < 1.29 is 10.2 Å². The van der Waals surface area contributed by atoms with Gasteiger partial charge in [0.25, 0.3) is 0 Å². The fourth-order valence-corrected chi connectivity index (χ4v) is 1.15. The third kappa shape index (κ3) is 3.70. The number of aliphatic hydroxyl groups excluding tert-OH is 2. The van der Waals surface area contributed by atoms with Gasteiger partial charge in [-0.05, 0) is 13.3 Å². The Kier molecular flexibility index (Phi) is 5.46. The molecule has 2 N–H and O–H groups in total. The molecule has 2 atom stereocenters. The first kappa shape index (κ1) is 10.9. The van der Waals surface area contributed by atoms with Gasteiger partial charge in [-0.2, -0.15) is 0 Å². The highest BCUT2D eigenvalue weighted by atomic mass is 16.3. The summed E-state index contributed by atoms with van der Waals surface area (Å²) in [4.78, 5) is 1.66. The fraction of sp³-hybridized carbons (Fsp3) is 1.00. The second kappa shape index (κ2) is 5.52. The molecule has 0 saturated carbocycles. The zero-order chi connectivity index (χ0) is 8.85. The van der Waals surface area contributed by atoms with Crippen molar-refractivity contribution in [2.75, 3.05) is 6.54 Å². The topological polar surface area (TPSA) is 43.7 Å². The molecular formula is C8H19NO2. The summed E-state index contributed by atoms with van der Waals surface area (Å²) in [6.45, 7) is 6.28. The molecule has 68 valence electrons. The first-order valence-corrected chi connectivity index (χ1v) is 4.25. The van der Waals surface area contributed by atoms with Gasteiger partial charge in [0, 0.05) is 6.54 Å². The second-order valence-corrected chi connectivity index (χ2v) is 2.73. The Bertz CT molecular complexity index is 96.1. The molecule has 3 nitrogen and oxygen atoms in total. The molecule has 0 aliphatic carbocycles. The lowest BCUT2D eigenvalue weighted by Gasteiger charge is -2.28. The maximum Gasteiger partial charge on any atom is 0.109 e. The van der Waals surface area contributed by atoms with E-state index in [1.807, 2.05) is 13.8 Å². The van der Waals surface area contributed by atoms with Crippen LogP contribution in [0, 0.1) is 0 Å². The quantitative estimate of drug-likeness (QED) is 0.585. The van der Waals surface area contributed by atoms with Gasteiger partial charge in [0.1, 0.15) is 12.5 Å². The third-order valence-electron chi connectivity index (χ3n) is 1.77. The molecule has 0 fully saturated rings. The van der Waals surface area contributed by atoms with E-state index in [0.717, 1.165) is 12.8 Å². The highest BCUT2D eigenvalue weighted by molar-refractivity contribution is 4.59. The van der Waals surface area contributed by atoms with E-state index in [1.165, 1.54) is 0 Å². The standard InChI is InChI=1S/C8H19NO2/c1-4-6-8(11)9(5-2)7(3)10/h7-8,10-11H,4-6H2,1-3H3. The predicted octanol–water partition coefficient (Wildman–Crippen LogP) is 0.765. The summed E-state index contributed by atoms with van der Waals surface area (Å²) in [5.41, 5.74) is 0. The van der Waals surface area contributed by atoms with Gasteiger partial charge >= 0.3 is 0 Å². The number of rotatable bonds is 5. The number of aliphatic hydroxyl groups is 2. The smallest absolute Gasteiger partial charge is 0.109 e. The molecule has 0 spiro atoms. The minimum Gasteiger partial charge on any atom is -0.379 e. The average Bonchev–Trinajstić information content (AvgIpc) is 1.88. The van der Waals surface area contributed by atoms with Crippen LogP contribution in [0.4, 0.5) is 0 Å². The fourth-order valence-electron chi connectivity index (χ4n) is 1.15. The van der Waals surface area contributed by atoms with Crippen LogP contribution in [-0.2, 0) is 0 Å². The number of nitrogens with zero attached hydrogens (tertiary/aromatic N) is 1. The largest absolute Gasteiger partial charge is 0.379 e. The molecule has 0 bridgehead atoms. The normalized spacial score (nSPS) is 16.9. The molecule has 0 aromatic carbocycles. The van der Waals surface area contributed by atoms with Gasteiger partial charge in [-0.25, -0.2) is 0 Å². The summed E-state index contributed by atoms with van der Waals surface area (Å²) < 4.78 is 0. The molecule has 0 aromatic heterocycles. The Hall–Kier alpha value is -0.120. The monoisotopic (exact) mass is 161 g/mol. The van der Waals surface area contributed by atoms with E-state index in [0.29, 0.717) is 6.54 Å². The van der Waals surface area contributed by atoms with E-state index < -0.39 is 12.5 Å². The lowest BCUT2D eigenvalue weighted by atomic mass is 10.2. The van der Waals surface area contributed by atoms with Crippen molar-refractivity contribution in [2.45, 2.75) is 46.1 Å². The molecule has 0 aromatic rings. The van der Waals surface area contributed by atoms with Crippen LogP contribution in [0.5, 0.6) is 0 Å². The van der Waals surface area contributed by atoms with Crippen LogP contribution in [0.2, 0.25) is 0 Å². The SMILES string of the molecule is CCCC(O)N(CC)C(C)O. The lowest BCUT2D eigenvalue weighted by Crippen LogP contribution is -2.41. The zero-order valence-corrected chi connectivity index (χ0v) is 7.62. The Balaban J connectivity index is 3.81. The molecule has 0 heterocycles. The summed E-state index contributed by atoms with van der Waals surface area (Å²) >= 11 is 0. The van der Waals surface area contributed by atoms with Crippen LogP contribution in [-0.4, -0.2) is 34.1 Å². The van der Waals surface area contributed by atoms with Gasteiger partial charge in [0.05, 0.1) is 0 Å². The van der Waals surface area contributed by atoms with Crippen LogP contribution < -0.4 is 0 Å². The highest BCUT2D eigenvalue weighted by Crippen LogP contribution is 2.06. The summed E-state index contributed by atoms with van der Waals surface area (Å²) in [6, 6.07) is 0. The van der Waals surface area contributed by atoms with E-state index in [-0.39, 0.29) is 0 Å². The molecule has 2 unspecified atom stereocenters. The maximum atomic E-state index is 9.45. The summed E-state index contributed by atoms with van der Waals surface area (Å²) in [6.07, 6.45) is 0.606. The minimum absolute atomic E-state index is 0.495. The van der Waals surface area contributed by atoms with Gasteiger partial charge in [0.2, 0.25) is 0 Å². The van der Waals surface area contributed by atoms with E-state index in [9.17, 15) is 10.2 Å². The Labute approximate surface area is 68.6 Å². The van der Waals surface area contributed by atoms with Gasteiger partial charge in [-0.3, -0.25) is 4.90 Å². The molecule has 0 aliphatic rings. The summed E-state index contributed by atoms with van der Waals surface area (Å²) in [5.74, 6) is 0. The van der Waals surface area contributed by atoms with Crippen LogP contribution >= 0.6 is 0 Å². The summed E-state index contributed by atoms with van der Waals surface area (Å²) in [5, 5.41) is 18.6. The second-order valence-electron chi connectivity index (χ2n) is 2.73. The Morgan fingerprint density at radius 2 is 1.82 bits per heavy atom. The van der Waals surface area contributed by atoms with E-state index in [1.54, 1.807) is 11.8 Å². The molecule has 3 heteroatoms. The van der Waals surface area contributed by atoms with Crippen molar-refractivity contribution >= 4 is 0 Å². The van der Waals surface area contributed by atoms with E-state index in [4.69, 9.17) is 0 Å². The van der Waals surface area contributed by atoms with Crippen LogP contribution in [0.1, 0.15) is 33.6 Å². The molecule has 11 heavy (non-hydrogen) atoms. The van der Waals surface area contributed by atoms with Crippen LogP contribution in [0.15, 0.2) is 0 Å². The Morgan fingerprint density at radius 1 is 1.27 bits per heavy atom. The zero-order valence-electron chi connectivity index (χ0n) is 7.62. The van der Waals surface area contributed by atoms with E-state index in [2.05, 4.69) is 0 Å². The van der Waals surface area contributed by atoms with Crippen molar-refractivity contribution in [2.24, 2.45) is 0 Å². The van der Waals surface area contributed by atoms with Crippen molar-refractivity contribution in [3.63, 3.8) is 0 Å². The van der Waals surface area contributed by atoms with Gasteiger partial charge in [-0.1, -0.05) is 20.3 Å². The van der Waals surface area contributed by atoms with Gasteiger partial charge in [-0.15, -0.1) is 0 Å². The Morgan fingerprint density at radius 3 is 2.09 bits per heavy atom. The van der Waals surface area contributed by atoms with Crippen molar-refractivity contribution in [3.8, 4) is 0 Å². The van der Waals surface area contributed by atoms with Gasteiger partial charge < -0.3 is 10.2 Å². The maximum absolute atomic E-state index is 9.45. The minimum atomic E-state index is -0.554. The van der Waals surface area contributed by atoms with Crippen molar-refractivity contribution in [1.82, 2.24) is 4.90 Å². The van der Waals surface area contributed by atoms with Crippen LogP contribution in [0.3, 0.4) is 0 Å². The predicted molar refractivity (Wildman–Crippen MR) is 45.0 cm³/mol. The van der Waals surface area contributed by atoms with Gasteiger partial charge in [0.15, 0.2) is 0 Å². The van der Waals surface area contributed by atoms with E-state index >= 15 is 0 Å². The number of hydrogen-bond donors (Lipinski definition) is 2. The molecule has 0 saturated heterocycles. The number of hydrogen-bond acceptors (Lipinski definition) is 3. The van der Waals surface area contributed by atoms with Crippen molar-refractivity contribution in [3.05, 3.63) is 0 Å². The summed E-state index contributed by atoms with van der Waals surface area (Å²) in [7, 11) is 0. The molecule has 0 aliphatic heterocycles. The molecular weight excluding hydrogens is 142 g/mol. The molecule has 0 radical (unpaired) electrons. The molecule has 0 amide bonds. The third-order valence-corrected chi connectivity index (χ3v) is 1.77. The van der Waals surface area contributed by atoms with Crippen LogP contribution in [0.25, 0.3) is 0 Å². The van der Waals surface area contributed by atoms with Crippen molar-refractivity contribution in [1.29, 1.82) is 0 Å². The first-order valence-electron chi connectivity index (χ1n) is 4.25. The molecule has 0 rings (SSSR count). The lowest BCUT2D eigenvalue weighted by molar-refractivity contribution is -0.0930. The highest BCUT2D eigenvalue weighted by Gasteiger charge is 2.16. The average molecular weight is 161 g/mol.